The van der Waals surface area contributed by atoms with Gasteiger partial charge in [0.2, 0.25) is 0 Å². The maximum absolute atomic E-state index is 4.70. The summed E-state index contributed by atoms with van der Waals surface area (Å²) >= 11 is 0.569. The summed E-state index contributed by atoms with van der Waals surface area (Å²) in [5.41, 5.74) is 0. The zero-order valence-corrected chi connectivity index (χ0v) is 5.63. The van der Waals surface area contributed by atoms with Crippen molar-refractivity contribution in [1.29, 1.82) is 0 Å². The Morgan fingerprint density at radius 1 is 1.25 bits per heavy atom. The number of rotatable bonds is 0. The molecule has 0 amide bonds. The van der Waals surface area contributed by atoms with Crippen LogP contribution in [0.2, 0.25) is 0 Å². The first-order valence-electron chi connectivity index (χ1n) is 0.239. The minimum atomic E-state index is 0. The summed E-state index contributed by atoms with van der Waals surface area (Å²) in [7, 11) is 9.40. The first-order valence-corrected chi connectivity index (χ1v) is 2.96. The zero-order valence-electron chi connectivity index (χ0n) is 1.57. The van der Waals surface area contributed by atoms with E-state index in [1.54, 1.807) is 0 Å². The van der Waals surface area contributed by atoms with Gasteiger partial charge in [0.05, 0.1) is 0 Å². The van der Waals surface area contributed by atoms with E-state index in [9.17, 15) is 0 Å². The predicted molar refractivity (Wildman–Crippen MR) is 11.7 cm³/mol. The monoisotopic (exact) mass is 176 g/mol. The Kier molecular flexibility index (Phi) is 20.4. The molecule has 0 aromatic heterocycles. The standard InChI is InChI=1S/2ClH.Ni.Ti/h2*1H;;/q;;+2;/p-2. The summed E-state index contributed by atoms with van der Waals surface area (Å²) in [5, 5.41) is 0. The van der Waals surface area contributed by atoms with Crippen molar-refractivity contribution in [1.82, 2.24) is 0 Å². The van der Waals surface area contributed by atoms with Crippen LogP contribution in [-0.4, -0.2) is 0 Å². The second kappa shape index (κ2) is 8.84. The summed E-state index contributed by atoms with van der Waals surface area (Å²) in [6.45, 7) is 0. The Hall–Kier alpha value is 1.79. The van der Waals surface area contributed by atoms with Gasteiger partial charge in [0, 0.05) is 21.7 Å². The van der Waals surface area contributed by atoms with E-state index >= 15 is 0 Å². The van der Waals surface area contributed by atoms with Gasteiger partial charge in [0.1, 0.15) is 0 Å². The van der Waals surface area contributed by atoms with Crippen molar-refractivity contribution in [3.8, 4) is 0 Å². The summed E-state index contributed by atoms with van der Waals surface area (Å²) in [6, 6.07) is 0. The molecular weight excluding hydrogens is 177 g/mol. The molecule has 0 aromatic carbocycles. The molecule has 28 valence electrons. The average Bonchev–Trinajstić information content (AvgIpc) is 0.918. The quantitative estimate of drug-likeness (QED) is 0.491. The van der Waals surface area contributed by atoms with Crippen LogP contribution in [0.4, 0.5) is 0 Å². The molecule has 0 radical (unpaired) electrons. The van der Waals surface area contributed by atoms with Crippen molar-refractivity contribution in [3.63, 3.8) is 0 Å². The third kappa shape index (κ3) is 9.21. The van der Waals surface area contributed by atoms with Crippen LogP contribution in [0.15, 0.2) is 0 Å². The smallest absolute Gasteiger partial charge is 0 e. The van der Waals surface area contributed by atoms with E-state index in [0.717, 1.165) is 0 Å². The molecule has 4 heteroatoms. The van der Waals surface area contributed by atoms with Gasteiger partial charge in [-0.15, -0.1) is 0 Å². The average molecular weight is 177 g/mol. The maximum Gasteiger partial charge on any atom is 0 e. The van der Waals surface area contributed by atoms with Crippen molar-refractivity contribution in [2.45, 2.75) is 0 Å². The predicted octanol–water partition coefficient (Wildman–Crippen LogP) is 1.37. The van der Waals surface area contributed by atoms with Gasteiger partial charge in [0.25, 0.3) is 0 Å². The van der Waals surface area contributed by atoms with Crippen LogP contribution in [-0.2, 0) is 34.4 Å². The summed E-state index contributed by atoms with van der Waals surface area (Å²) in [5.74, 6) is 0. The number of hydrogen-bond acceptors (Lipinski definition) is 0. The Bertz CT molecular complexity index is 6.00. The molecule has 0 rings (SSSR count). The van der Waals surface area contributed by atoms with E-state index in [0.29, 0.717) is 12.7 Å². The van der Waals surface area contributed by atoms with E-state index in [-0.39, 0.29) is 21.7 Å². The van der Waals surface area contributed by atoms with Crippen molar-refractivity contribution in [2.24, 2.45) is 0 Å². The molecule has 0 nitrogen and oxygen atoms in total. The van der Waals surface area contributed by atoms with E-state index in [1.165, 1.54) is 0 Å². The molecule has 0 saturated carbocycles. The maximum atomic E-state index is 4.70. The number of hydrogen-bond donors (Lipinski definition) is 0. The van der Waals surface area contributed by atoms with Crippen LogP contribution in [0.25, 0.3) is 0 Å². The summed E-state index contributed by atoms with van der Waals surface area (Å²) in [4.78, 5) is 0. The molecule has 0 fully saturated rings. The van der Waals surface area contributed by atoms with E-state index < -0.39 is 0 Å². The van der Waals surface area contributed by atoms with Crippen LogP contribution in [0.3, 0.4) is 0 Å². The third-order valence-electron chi connectivity index (χ3n) is 0. The van der Waals surface area contributed by atoms with Gasteiger partial charge in [-0.1, -0.05) is 0 Å². The second-order valence-electron chi connectivity index (χ2n) is 0.0452. The fourth-order valence-electron chi connectivity index (χ4n) is 0. The number of halogens is 2. The van der Waals surface area contributed by atoms with Gasteiger partial charge in [-0.2, -0.15) is 0 Å². The summed E-state index contributed by atoms with van der Waals surface area (Å²) < 4.78 is 0. The molecule has 0 aromatic rings. The van der Waals surface area contributed by atoms with Gasteiger partial charge in [-0.3, -0.25) is 0 Å². The largest absolute Gasteiger partial charge is 0 e. The minimum absolute atomic E-state index is 0. The van der Waals surface area contributed by atoms with E-state index in [1.807, 2.05) is 0 Å². The molecule has 0 saturated heterocycles. The van der Waals surface area contributed by atoms with E-state index in [2.05, 4.69) is 0 Å². The fourth-order valence-corrected chi connectivity index (χ4v) is 0. The van der Waals surface area contributed by atoms with Gasteiger partial charge < -0.3 is 0 Å². The van der Waals surface area contributed by atoms with E-state index in [4.69, 9.17) is 20.4 Å². The third-order valence-corrected chi connectivity index (χ3v) is 0. The van der Waals surface area contributed by atoms with Crippen LogP contribution in [0.1, 0.15) is 0 Å². The fraction of sp³-hybridized carbons (Fsp3) is 0. The molecule has 0 unspecified atom stereocenters. The van der Waals surface area contributed by atoms with Crippen LogP contribution < -0.4 is 0 Å². The van der Waals surface area contributed by atoms with Crippen LogP contribution in [0.5, 0.6) is 0 Å². The molecule has 0 aliphatic rings. The molecule has 0 aliphatic heterocycles. The van der Waals surface area contributed by atoms with Crippen molar-refractivity contribution in [3.05, 3.63) is 0 Å². The van der Waals surface area contributed by atoms with Gasteiger partial charge >= 0.3 is 33.0 Å². The Morgan fingerprint density at radius 3 is 1.25 bits per heavy atom. The van der Waals surface area contributed by atoms with Crippen molar-refractivity contribution >= 4 is 20.4 Å². The molecule has 4 heavy (non-hydrogen) atoms. The van der Waals surface area contributed by atoms with Crippen molar-refractivity contribution < 1.29 is 34.4 Å². The molecule has 0 aliphatic carbocycles. The topological polar surface area (TPSA) is 0 Å². The molecule has 0 spiro atoms. The Labute approximate surface area is 54.5 Å². The normalized spacial score (nSPS) is 5.50. The van der Waals surface area contributed by atoms with Crippen LogP contribution in [0, 0.1) is 0 Å². The zero-order chi connectivity index (χ0) is 2.71. The second-order valence-corrected chi connectivity index (χ2v) is 1.68. The molecule has 0 atom stereocenters. The molecule has 0 heterocycles. The molecular formula is Cl2NiTi. The molecule has 0 bridgehead atoms. The first kappa shape index (κ1) is 9.25. The van der Waals surface area contributed by atoms with Gasteiger partial charge in [0.15, 0.2) is 0 Å². The van der Waals surface area contributed by atoms with Gasteiger partial charge in [-0.25, -0.2) is 0 Å². The van der Waals surface area contributed by atoms with Gasteiger partial charge in [-0.05, 0) is 0 Å². The summed E-state index contributed by atoms with van der Waals surface area (Å²) in [6.07, 6.45) is 0. The Balaban J connectivity index is 0. The molecule has 0 N–H and O–H groups in total. The first-order chi connectivity index (χ1) is 1.41. The Morgan fingerprint density at radius 2 is 1.25 bits per heavy atom. The minimum Gasteiger partial charge on any atom is 0 e. The SMILES string of the molecule is [Cl][Ni][Cl].[Ti]. The van der Waals surface area contributed by atoms with Crippen molar-refractivity contribution in [2.75, 3.05) is 0 Å². The van der Waals surface area contributed by atoms with Crippen LogP contribution >= 0.6 is 20.4 Å².